The Morgan fingerprint density at radius 3 is 2.74 bits per heavy atom. The van der Waals surface area contributed by atoms with Crippen molar-refractivity contribution in [2.24, 2.45) is 0 Å². The molecule has 2 heterocycles. The van der Waals surface area contributed by atoms with Gasteiger partial charge in [0.15, 0.2) is 5.69 Å². The van der Waals surface area contributed by atoms with E-state index in [1.54, 1.807) is 18.2 Å². The molecule has 2 aromatic heterocycles. The fraction of sp³-hybridized carbons (Fsp3) is 0.0667. The first-order valence-electron chi connectivity index (χ1n) is 6.05. The molecule has 4 heteroatoms. The summed E-state index contributed by atoms with van der Waals surface area (Å²) in [6.45, 7) is 2.05. The molecule has 0 amide bonds. The molecule has 0 aliphatic heterocycles. The third-order valence-corrected chi connectivity index (χ3v) is 3.20. The lowest BCUT2D eigenvalue weighted by atomic mass is 10.1. The number of aryl methyl sites for hydroxylation is 1. The second-order valence-corrected chi connectivity index (χ2v) is 4.65. The van der Waals surface area contributed by atoms with Gasteiger partial charge in [-0.2, -0.15) is 5.23 Å². The van der Waals surface area contributed by atoms with Gasteiger partial charge in [0.25, 0.3) is 0 Å². The molecule has 0 saturated heterocycles. The van der Waals surface area contributed by atoms with E-state index in [9.17, 15) is 5.21 Å². The molecule has 0 aliphatic carbocycles. The monoisotopic (exact) mass is 254 g/mol. The Balaban J connectivity index is 2.11. The highest BCUT2D eigenvalue weighted by Crippen LogP contribution is 2.24. The number of hydrogen-bond donors (Lipinski definition) is 2. The van der Waals surface area contributed by atoms with Gasteiger partial charge in [-0.1, -0.05) is 12.1 Å². The molecule has 19 heavy (non-hydrogen) atoms. The highest BCUT2D eigenvalue weighted by molar-refractivity contribution is 5.72. The van der Waals surface area contributed by atoms with Crippen molar-refractivity contribution in [2.75, 3.05) is 0 Å². The third-order valence-electron chi connectivity index (χ3n) is 3.20. The molecule has 0 bridgehead atoms. The number of hydrogen-bond acceptors (Lipinski definition) is 2. The SMILES string of the molecule is Cc1ccn2cc(-c3cccc([NH+]([O-])O)c3)cc2c1. The maximum absolute atomic E-state index is 11.0. The van der Waals surface area contributed by atoms with Crippen LogP contribution in [-0.4, -0.2) is 9.61 Å². The summed E-state index contributed by atoms with van der Waals surface area (Å²) in [5.41, 5.74) is 4.56. The average molecular weight is 254 g/mol. The normalized spacial score (nSPS) is 12.8. The number of fused-ring (bicyclic) bond motifs is 1. The largest absolute Gasteiger partial charge is 0.595 e. The van der Waals surface area contributed by atoms with Crippen molar-refractivity contribution in [1.82, 2.24) is 4.40 Å². The first-order valence-corrected chi connectivity index (χ1v) is 6.05. The van der Waals surface area contributed by atoms with E-state index in [-0.39, 0.29) is 0 Å². The molecule has 96 valence electrons. The van der Waals surface area contributed by atoms with Crippen LogP contribution in [0, 0.1) is 12.1 Å². The van der Waals surface area contributed by atoms with Crippen LogP contribution in [0.3, 0.4) is 0 Å². The van der Waals surface area contributed by atoms with Crippen molar-refractivity contribution in [1.29, 1.82) is 0 Å². The van der Waals surface area contributed by atoms with Crippen LogP contribution >= 0.6 is 0 Å². The summed E-state index contributed by atoms with van der Waals surface area (Å²) < 4.78 is 2.04. The minimum absolute atomic E-state index is 0.309. The zero-order valence-corrected chi connectivity index (χ0v) is 10.5. The molecule has 1 atom stereocenters. The molecule has 0 aliphatic rings. The number of benzene rings is 1. The zero-order valence-electron chi connectivity index (χ0n) is 10.5. The molecule has 3 aromatic rings. The smallest absolute Gasteiger partial charge is 0.164 e. The quantitative estimate of drug-likeness (QED) is 0.689. The van der Waals surface area contributed by atoms with Crippen LogP contribution in [-0.2, 0) is 0 Å². The zero-order chi connectivity index (χ0) is 13.4. The van der Waals surface area contributed by atoms with Gasteiger partial charge >= 0.3 is 0 Å². The van der Waals surface area contributed by atoms with Gasteiger partial charge in [0.1, 0.15) is 0 Å². The predicted molar refractivity (Wildman–Crippen MR) is 73.3 cm³/mol. The Bertz CT molecular complexity index is 732. The maximum atomic E-state index is 11.0. The summed E-state index contributed by atoms with van der Waals surface area (Å²) in [5, 5.41) is 19.1. The number of pyridine rings is 1. The summed E-state index contributed by atoms with van der Waals surface area (Å²) >= 11 is 0. The van der Waals surface area contributed by atoms with Crippen molar-refractivity contribution in [3.63, 3.8) is 0 Å². The molecule has 4 nitrogen and oxygen atoms in total. The predicted octanol–water partition coefficient (Wildman–Crippen LogP) is 2.32. The topological polar surface area (TPSA) is 52.1 Å². The van der Waals surface area contributed by atoms with Gasteiger partial charge in [-0.05, 0) is 36.2 Å². The Kier molecular flexibility index (Phi) is 2.83. The van der Waals surface area contributed by atoms with Gasteiger partial charge in [-0.3, -0.25) is 0 Å². The average Bonchev–Trinajstić information content (AvgIpc) is 2.81. The standard InChI is InChI=1S/C15H14N2O2/c1-11-5-6-16-10-13(9-15(16)7-11)12-3-2-4-14(8-12)17(18)19/h2-10,17-18H,1H3. The Morgan fingerprint density at radius 2 is 1.95 bits per heavy atom. The molecule has 2 N–H and O–H groups in total. The van der Waals surface area contributed by atoms with Crippen molar-refractivity contribution in [2.45, 2.75) is 6.92 Å². The van der Waals surface area contributed by atoms with Crippen LogP contribution in [0.15, 0.2) is 54.9 Å². The van der Waals surface area contributed by atoms with E-state index < -0.39 is 5.23 Å². The van der Waals surface area contributed by atoms with E-state index in [4.69, 9.17) is 5.21 Å². The van der Waals surface area contributed by atoms with Crippen LogP contribution in [0.25, 0.3) is 16.6 Å². The van der Waals surface area contributed by atoms with E-state index in [2.05, 4.69) is 19.1 Å². The van der Waals surface area contributed by atoms with Crippen LogP contribution in [0.5, 0.6) is 0 Å². The lowest BCUT2D eigenvalue weighted by Crippen LogP contribution is -2.99. The van der Waals surface area contributed by atoms with Gasteiger partial charge in [-0.25, -0.2) is 5.21 Å². The summed E-state index contributed by atoms with van der Waals surface area (Å²) in [7, 11) is 0. The lowest BCUT2D eigenvalue weighted by Gasteiger charge is -2.11. The van der Waals surface area contributed by atoms with Gasteiger partial charge in [0.2, 0.25) is 0 Å². The van der Waals surface area contributed by atoms with E-state index in [0.29, 0.717) is 5.69 Å². The van der Waals surface area contributed by atoms with Gasteiger partial charge in [-0.15, -0.1) is 0 Å². The summed E-state index contributed by atoms with van der Waals surface area (Å²) in [6, 6.07) is 13.2. The van der Waals surface area contributed by atoms with Crippen molar-refractivity contribution in [3.05, 3.63) is 65.6 Å². The Hall–Kier alpha value is -2.14. The van der Waals surface area contributed by atoms with E-state index in [0.717, 1.165) is 16.6 Å². The Labute approximate surface area is 110 Å². The molecule has 0 saturated carbocycles. The van der Waals surface area contributed by atoms with Crippen LogP contribution in [0.2, 0.25) is 0 Å². The van der Waals surface area contributed by atoms with Crippen LogP contribution < -0.4 is 5.23 Å². The highest BCUT2D eigenvalue weighted by Gasteiger charge is 2.06. The van der Waals surface area contributed by atoms with Crippen molar-refractivity contribution < 1.29 is 10.4 Å². The van der Waals surface area contributed by atoms with Crippen molar-refractivity contribution >= 4 is 11.2 Å². The fourth-order valence-corrected chi connectivity index (χ4v) is 2.21. The summed E-state index contributed by atoms with van der Waals surface area (Å²) in [4.78, 5) is 0. The third kappa shape index (κ3) is 2.24. The molecule has 0 spiro atoms. The second-order valence-electron chi connectivity index (χ2n) is 4.65. The summed E-state index contributed by atoms with van der Waals surface area (Å²) in [6.07, 6.45) is 4.02. The number of quaternary nitrogens is 1. The van der Waals surface area contributed by atoms with Crippen LogP contribution in [0.1, 0.15) is 5.56 Å². The maximum Gasteiger partial charge on any atom is 0.164 e. The molecule has 1 unspecified atom stereocenters. The van der Waals surface area contributed by atoms with Crippen molar-refractivity contribution in [3.8, 4) is 11.1 Å². The van der Waals surface area contributed by atoms with E-state index >= 15 is 0 Å². The fourth-order valence-electron chi connectivity index (χ4n) is 2.21. The lowest BCUT2D eigenvalue weighted by molar-refractivity contribution is -0.991. The van der Waals surface area contributed by atoms with Gasteiger partial charge in [0.05, 0.1) is 0 Å². The Morgan fingerprint density at radius 1 is 1.11 bits per heavy atom. The number of nitrogens with one attached hydrogen (secondary N) is 1. The first-order chi connectivity index (χ1) is 9.13. The second kappa shape index (κ2) is 4.51. The van der Waals surface area contributed by atoms with Gasteiger partial charge < -0.3 is 9.61 Å². The molecule has 0 radical (unpaired) electrons. The molecular formula is C15H14N2O2. The summed E-state index contributed by atoms with van der Waals surface area (Å²) in [5.74, 6) is 0. The minimum Gasteiger partial charge on any atom is -0.595 e. The molecule has 3 rings (SSSR count). The molecule has 0 fully saturated rings. The highest BCUT2D eigenvalue weighted by atomic mass is 16.8. The number of nitrogens with zero attached hydrogens (tertiary/aromatic N) is 1. The van der Waals surface area contributed by atoms with Crippen LogP contribution in [0.4, 0.5) is 5.69 Å². The van der Waals surface area contributed by atoms with Gasteiger partial charge in [0, 0.05) is 35.6 Å². The molecular weight excluding hydrogens is 240 g/mol. The molecule has 1 aromatic carbocycles. The number of rotatable bonds is 2. The number of aromatic nitrogens is 1. The first kappa shape index (κ1) is 11.9. The van der Waals surface area contributed by atoms with E-state index in [1.807, 2.05) is 28.9 Å². The van der Waals surface area contributed by atoms with E-state index in [1.165, 1.54) is 5.56 Å². The minimum atomic E-state index is -0.901.